The van der Waals surface area contributed by atoms with Gasteiger partial charge >= 0.3 is 0 Å². The van der Waals surface area contributed by atoms with Crippen LogP contribution in [-0.4, -0.2) is 26.1 Å². The lowest BCUT2D eigenvalue weighted by Gasteiger charge is -2.17. The molecule has 1 aromatic rings. The Labute approximate surface area is 124 Å². The van der Waals surface area contributed by atoms with E-state index in [2.05, 4.69) is 6.92 Å². The number of rotatable bonds is 10. The zero-order valence-electron chi connectivity index (χ0n) is 12.2. The molecule has 3 nitrogen and oxygen atoms in total. The summed E-state index contributed by atoms with van der Waals surface area (Å²) in [5, 5.41) is 0.915. The Morgan fingerprint density at radius 2 is 1.89 bits per heavy atom. The van der Waals surface area contributed by atoms with Crippen LogP contribution in [0.3, 0.4) is 0 Å². The van der Waals surface area contributed by atoms with E-state index in [0.717, 1.165) is 16.4 Å². The molecule has 0 aromatic carbocycles. The number of unbranched alkanes of at least 4 members (excludes halogenated alkanes) is 1. The Kier molecular flexibility index (Phi) is 8.53. The molecule has 0 bridgehead atoms. The third kappa shape index (κ3) is 5.34. The Morgan fingerprint density at radius 3 is 2.42 bits per heavy atom. The summed E-state index contributed by atoms with van der Waals surface area (Å²) in [6.07, 6.45) is 2.16. The third-order valence-corrected chi connectivity index (χ3v) is 5.03. The van der Waals surface area contributed by atoms with Crippen molar-refractivity contribution < 1.29 is 14.2 Å². The van der Waals surface area contributed by atoms with Gasteiger partial charge in [0.15, 0.2) is 11.4 Å². The minimum Gasteiger partial charge on any atom is -0.487 e. The van der Waals surface area contributed by atoms with Gasteiger partial charge in [0.05, 0.1) is 11.3 Å². The van der Waals surface area contributed by atoms with Gasteiger partial charge in [-0.2, -0.15) is 0 Å². The first-order chi connectivity index (χ1) is 9.26. The van der Waals surface area contributed by atoms with Gasteiger partial charge in [-0.25, -0.2) is 0 Å². The average Bonchev–Trinajstić information content (AvgIpc) is 2.82. The van der Waals surface area contributed by atoms with Crippen molar-refractivity contribution in [1.29, 1.82) is 0 Å². The summed E-state index contributed by atoms with van der Waals surface area (Å²) in [7, 11) is 1.70. The first-order valence-electron chi connectivity index (χ1n) is 6.80. The minimum absolute atomic E-state index is 0.278. The number of thioether (sulfide) groups is 1. The van der Waals surface area contributed by atoms with E-state index in [9.17, 15) is 0 Å². The molecule has 0 aliphatic heterocycles. The van der Waals surface area contributed by atoms with Crippen molar-refractivity contribution in [3.8, 4) is 5.06 Å². The highest BCUT2D eigenvalue weighted by atomic mass is 32.2. The van der Waals surface area contributed by atoms with E-state index in [0.29, 0.717) is 13.2 Å². The second kappa shape index (κ2) is 9.64. The Morgan fingerprint density at radius 1 is 1.21 bits per heavy atom. The van der Waals surface area contributed by atoms with E-state index in [-0.39, 0.29) is 6.29 Å². The number of hydrogen-bond donors (Lipinski definition) is 0. The second-order valence-corrected chi connectivity index (χ2v) is 6.34. The standard InChI is InChI=1S/C14H24O3S2/c1-5-8-9-18-14-11(10-12(15-4)19-14)13(16-6-2)17-7-3/h10,13H,5-9H2,1-4H3. The van der Waals surface area contributed by atoms with Crippen LogP contribution in [0.1, 0.15) is 45.5 Å². The Bertz CT molecular complexity index is 346. The van der Waals surface area contributed by atoms with Gasteiger partial charge in [0.25, 0.3) is 0 Å². The molecule has 0 aliphatic carbocycles. The summed E-state index contributed by atoms with van der Waals surface area (Å²) in [5.41, 5.74) is 1.10. The van der Waals surface area contributed by atoms with Crippen LogP contribution < -0.4 is 4.74 Å². The van der Waals surface area contributed by atoms with Crippen molar-refractivity contribution in [2.24, 2.45) is 0 Å². The fraction of sp³-hybridized carbons (Fsp3) is 0.714. The van der Waals surface area contributed by atoms with Crippen molar-refractivity contribution in [3.05, 3.63) is 11.6 Å². The summed E-state index contributed by atoms with van der Waals surface area (Å²) >= 11 is 3.54. The molecular formula is C14H24O3S2. The lowest BCUT2D eigenvalue weighted by Crippen LogP contribution is -2.08. The van der Waals surface area contributed by atoms with Crippen LogP contribution in [0.15, 0.2) is 10.3 Å². The molecule has 0 unspecified atom stereocenters. The maximum atomic E-state index is 5.69. The highest BCUT2D eigenvalue weighted by Gasteiger charge is 2.20. The van der Waals surface area contributed by atoms with E-state index >= 15 is 0 Å². The Hall–Kier alpha value is -0.230. The smallest absolute Gasteiger partial charge is 0.185 e. The van der Waals surface area contributed by atoms with Crippen molar-refractivity contribution in [1.82, 2.24) is 0 Å². The van der Waals surface area contributed by atoms with Crippen LogP contribution in [0.5, 0.6) is 5.06 Å². The molecule has 0 fully saturated rings. The molecule has 1 rings (SSSR count). The van der Waals surface area contributed by atoms with E-state index in [1.165, 1.54) is 17.1 Å². The van der Waals surface area contributed by atoms with Crippen molar-refractivity contribution >= 4 is 23.1 Å². The normalized spacial score (nSPS) is 11.2. The highest BCUT2D eigenvalue weighted by molar-refractivity contribution is 8.01. The maximum absolute atomic E-state index is 5.69. The number of thiophene rings is 1. The van der Waals surface area contributed by atoms with Gasteiger partial charge in [-0.1, -0.05) is 24.7 Å². The molecule has 0 atom stereocenters. The molecule has 0 aliphatic rings. The van der Waals surface area contributed by atoms with Gasteiger partial charge in [-0.3, -0.25) is 0 Å². The largest absolute Gasteiger partial charge is 0.487 e. The highest BCUT2D eigenvalue weighted by Crippen LogP contribution is 2.41. The number of methoxy groups -OCH3 is 1. The van der Waals surface area contributed by atoms with E-state index in [1.54, 1.807) is 18.4 Å². The molecule has 0 saturated heterocycles. The summed E-state index contributed by atoms with van der Waals surface area (Å²) < 4.78 is 18.0. The monoisotopic (exact) mass is 304 g/mol. The zero-order chi connectivity index (χ0) is 14.1. The van der Waals surface area contributed by atoms with Crippen molar-refractivity contribution in [2.45, 2.75) is 44.1 Å². The summed E-state index contributed by atoms with van der Waals surface area (Å²) in [4.78, 5) is 0. The molecule has 1 aromatic heterocycles. The van der Waals surface area contributed by atoms with Crippen LogP contribution >= 0.6 is 23.1 Å². The molecule has 0 radical (unpaired) electrons. The molecule has 110 valence electrons. The molecule has 0 N–H and O–H groups in total. The van der Waals surface area contributed by atoms with Gasteiger partial charge in [0, 0.05) is 24.8 Å². The topological polar surface area (TPSA) is 27.7 Å². The first kappa shape index (κ1) is 16.8. The van der Waals surface area contributed by atoms with Crippen LogP contribution in [0.4, 0.5) is 0 Å². The average molecular weight is 304 g/mol. The molecule has 5 heteroatoms. The van der Waals surface area contributed by atoms with Crippen molar-refractivity contribution in [2.75, 3.05) is 26.1 Å². The quantitative estimate of drug-likeness (QED) is 0.355. The van der Waals surface area contributed by atoms with E-state index in [1.807, 2.05) is 31.7 Å². The molecular weight excluding hydrogens is 280 g/mol. The summed E-state index contributed by atoms with van der Waals surface area (Å²) in [6.45, 7) is 7.46. The predicted octanol–water partition coefficient (Wildman–Crippen LogP) is 4.72. The van der Waals surface area contributed by atoms with Gasteiger partial charge in [0.2, 0.25) is 0 Å². The van der Waals surface area contributed by atoms with Crippen molar-refractivity contribution in [3.63, 3.8) is 0 Å². The van der Waals surface area contributed by atoms with Gasteiger partial charge < -0.3 is 14.2 Å². The fourth-order valence-electron chi connectivity index (χ4n) is 1.58. The van der Waals surface area contributed by atoms with Gasteiger partial charge in [0.1, 0.15) is 0 Å². The molecule has 0 saturated carbocycles. The number of hydrogen-bond acceptors (Lipinski definition) is 5. The second-order valence-electron chi connectivity index (χ2n) is 3.96. The van der Waals surface area contributed by atoms with Gasteiger partial charge in [-0.05, 0) is 26.0 Å². The predicted molar refractivity (Wildman–Crippen MR) is 82.5 cm³/mol. The maximum Gasteiger partial charge on any atom is 0.185 e. The minimum atomic E-state index is -0.278. The molecule has 1 heterocycles. The third-order valence-electron chi connectivity index (χ3n) is 2.52. The van der Waals surface area contributed by atoms with E-state index in [4.69, 9.17) is 14.2 Å². The Balaban J connectivity index is 2.84. The first-order valence-corrected chi connectivity index (χ1v) is 8.60. The molecule has 0 spiro atoms. The lowest BCUT2D eigenvalue weighted by molar-refractivity contribution is -0.141. The van der Waals surface area contributed by atoms with Gasteiger partial charge in [-0.15, -0.1) is 11.8 Å². The summed E-state index contributed by atoms with van der Waals surface area (Å²) in [5.74, 6) is 1.12. The SMILES string of the molecule is CCCCSc1sc(OC)cc1C(OCC)OCC. The zero-order valence-corrected chi connectivity index (χ0v) is 13.9. The fourth-order valence-corrected chi connectivity index (χ4v) is 3.98. The molecule has 0 amide bonds. The van der Waals surface area contributed by atoms with Crippen LogP contribution in [0.25, 0.3) is 0 Å². The lowest BCUT2D eigenvalue weighted by atomic mass is 10.3. The van der Waals surface area contributed by atoms with E-state index < -0.39 is 0 Å². The summed E-state index contributed by atoms with van der Waals surface area (Å²) in [6, 6.07) is 2.04. The number of ether oxygens (including phenoxy) is 3. The van der Waals surface area contributed by atoms with Crippen LogP contribution in [0, 0.1) is 0 Å². The van der Waals surface area contributed by atoms with Crippen LogP contribution in [-0.2, 0) is 9.47 Å². The van der Waals surface area contributed by atoms with Crippen LogP contribution in [0.2, 0.25) is 0 Å². The molecule has 19 heavy (non-hydrogen) atoms.